The van der Waals surface area contributed by atoms with Gasteiger partial charge in [-0.3, -0.25) is 0 Å². The number of nitrogens with zero attached hydrogens (tertiary/aromatic N) is 5. The molecule has 0 radical (unpaired) electrons. The van der Waals surface area contributed by atoms with Gasteiger partial charge in [0.25, 0.3) is 0 Å². The summed E-state index contributed by atoms with van der Waals surface area (Å²) in [6.45, 7) is 9.67. The number of hydrogen-bond donors (Lipinski definition) is 0. The molecule has 0 bridgehead atoms. The Kier molecular flexibility index (Phi) is 7.79. The summed E-state index contributed by atoms with van der Waals surface area (Å²) >= 11 is 0. The molecule has 0 spiro atoms. The Balaban J connectivity index is 1.45. The molecule has 39 heavy (non-hydrogen) atoms. The quantitative estimate of drug-likeness (QED) is 0.446. The minimum absolute atomic E-state index is 0.280. The van der Waals surface area contributed by atoms with E-state index < -0.39 is 5.60 Å². The fourth-order valence-corrected chi connectivity index (χ4v) is 5.20. The van der Waals surface area contributed by atoms with Gasteiger partial charge >= 0.3 is 12.1 Å². The number of hydrogen-bond acceptors (Lipinski definition) is 8. The zero-order chi connectivity index (χ0) is 27.6. The standard InChI is InChI=1S/C30H39N5O4/c1-30(2,3)39-29(36)35-15-13-34(14-16-35)27-19-26(31-28(32-27)38-20-22-10-8-12-33(22)4)25-18-23(37-5)17-21-9-6-7-11-24(21)25/h6-7,9,11,17-19,22H,8,10,12-16,20H2,1-5H3. The normalized spacial score (nSPS) is 18.4. The molecule has 9 nitrogen and oxygen atoms in total. The van der Waals surface area contributed by atoms with Crippen molar-refractivity contribution in [2.24, 2.45) is 0 Å². The average molecular weight is 534 g/mol. The van der Waals surface area contributed by atoms with Gasteiger partial charge < -0.3 is 28.9 Å². The number of carbonyl (C=O) groups is 1. The number of rotatable bonds is 6. The third-order valence-electron chi connectivity index (χ3n) is 7.37. The molecule has 1 atom stereocenters. The van der Waals surface area contributed by atoms with Crippen LogP contribution in [0.2, 0.25) is 0 Å². The van der Waals surface area contributed by atoms with Gasteiger partial charge in [0.15, 0.2) is 0 Å². The summed E-state index contributed by atoms with van der Waals surface area (Å²) < 4.78 is 17.4. The van der Waals surface area contributed by atoms with E-state index in [0.29, 0.717) is 44.8 Å². The lowest BCUT2D eigenvalue weighted by atomic mass is 10.0. The molecular formula is C30H39N5O4. The topological polar surface area (TPSA) is 80.3 Å². The summed E-state index contributed by atoms with van der Waals surface area (Å²) in [7, 11) is 3.81. The summed E-state index contributed by atoms with van der Waals surface area (Å²) in [6, 6.07) is 15.0. The summed E-state index contributed by atoms with van der Waals surface area (Å²) in [5.41, 5.74) is 1.22. The lowest BCUT2D eigenvalue weighted by molar-refractivity contribution is 0.0240. The highest BCUT2D eigenvalue weighted by Gasteiger charge is 2.28. The second-order valence-corrected chi connectivity index (χ2v) is 11.3. The van der Waals surface area contributed by atoms with E-state index in [0.717, 1.165) is 46.6 Å². The first-order valence-electron chi connectivity index (χ1n) is 13.7. The lowest BCUT2D eigenvalue weighted by Crippen LogP contribution is -2.50. The predicted molar refractivity (Wildman–Crippen MR) is 153 cm³/mol. The van der Waals surface area contributed by atoms with Crippen LogP contribution in [0.5, 0.6) is 11.8 Å². The second kappa shape index (κ2) is 11.3. The minimum atomic E-state index is -0.519. The smallest absolute Gasteiger partial charge is 0.410 e. The molecule has 2 aliphatic rings. The summed E-state index contributed by atoms with van der Waals surface area (Å²) in [4.78, 5) is 28.6. The van der Waals surface area contributed by atoms with Crippen molar-refractivity contribution in [2.75, 3.05) is 58.4 Å². The molecule has 2 saturated heterocycles. The Bertz CT molecular complexity index is 1320. The van der Waals surface area contributed by atoms with Gasteiger partial charge in [-0.15, -0.1) is 0 Å². The lowest BCUT2D eigenvalue weighted by Gasteiger charge is -2.36. The molecule has 2 aromatic carbocycles. The van der Waals surface area contributed by atoms with E-state index in [1.54, 1.807) is 12.0 Å². The van der Waals surface area contributed by atoms with Crippen molar-refractivity contribution in [1.29, 1.82) is 0 Å². The van der Waals surface area contributed by atoms with Crippen LogP contribution in [-0.2, 0) is 4.74 Å². The maximum Gasteiger partial charge on any atom is 0.410 e. The van der Waals surface area contributed by atoms with Crippen LogP contribution in [0.15, 0.2) is 42.5 Å². The molecular weight excluding hydrogens is 494 g/mol. The molecule has 3 heterocycles. The first-order chi connectivity index (χ1) is 18.7. The number of benzene rings is 2. The molecule has 208 valence electrons. The summed E-state index contributed by atoms with van der Waals surface area (Å²) in [5.74, 6) is 1.55. The van der Waals surface area contributed by atoms with E-state index >= 15 is 0 Å². The first kappa shape index (κ1) is 27.0. The Labute approximate surface area is 230 Å². The van der Waals surface area contributed by atoms with E-state index in [-0.39, 0.29) is 6.09 Å². The van der Waals surface area contributed by atoms with Gasteiger partial charge in [-0.1, -0.05) is 24.3 Å². The zero-order valence-corrected chi connectivity index (χ0v) is 23.6. The number of ether oxygens (including phenoxy) is 3. The van der Waals surface area contributed by atoms with Gasteiger partial charge in [0.2, 0.25) is 0 Å². The number of anilines is 1. The number of likely N-dealkylation sites (tertiary alicyclic amines) is 1. The highest BCUT2D eigenvalue weighted by Crippen LogP contribution is 2.34. The molecule has 1 amide bonds. The maximum atomic E-state index is 12.6. The Hall–Kier alpha value is -3.59. The molecule has 9 heteroatoms. The van der Waals surface area contributed by atoms with Gasteiger partial charge in [0, 0.05) is 43.9 Å². The highest BCUT2D eigenvalue weighted by molar-refractivity contribution is 5.97. The number of fused-ring (bicyclic) bond motifs is 1. The fraction of sp³-hybridized carbons (Fsp3) is 0.500. The van der Waals surface area contributed by atoms with Crippen molar-refractivity contribution in [3.8, 4) is 23.0 Å². The van der Waals surface area contributed by atoms with Gasteiger partial charge in [-0.25, -0.2) is 4.79 Å². The largest absolute Gasteiger partial charge is 0.497 e. The number of carbonyl (C=O) groups excluding carboxylic acids is 1. The number of piperazine rings is 1. The fourth-order valence-electron chi connectivity index (χ4n) is 5.20. The number of likely N-dealkylation sites (N-methyl/N-ethyl adjacent to an activating group) is 1. The first-order valence-corrected chi connectivity index (χ1v) is 13.7. The predicted octanol–water partition coefficient (Wildman–Crippen LogP) is 4.84. The van der Waals surface area contributed by atoms with Crippen LogP contribution in [-0.4, -0.2) is 91.0 Å². The molecule has 5 rings (SSSR count). The summed E-state index contributed by atoms with van der Waals surface area (Å²) in [5, 5.41) is 2.16. The third-order valence-corrected chi connectivity index (χ3v) is 7.37. The Morgan fingerprint density at radius 1 is 1.03 bits per heavy atom. The third kappa shape index (κ3) is 6.36. The minimum Gasteiger partial charge on any atom is -0.497 e. The average Bonchev–Trinajstić information content (AvgIpc) is 3.34. The van der Waals surface area contributed by atoms with Crippen LogP contribution in [0.4, 0.5) is 10.6 Å². The van der Waals surface area contributed by atoms with Crippen molar-refractivity contribution in [3.05, 3.63) is 42.5 Å². The van der Waals surface area contributed by atoms with Crippen LogP contribution in [0.25, 0.3) is 22.0 Å². The highest BCUT2D eigenvalue weighted by atomic mass is 16.6. The van der Waals surface area contributed by atoms with E-state index in [4.69, 9.17) is 24.2 Å². The molecule has 2 aliphatic heterocycles. The SMILES string of the molecule is COc1cc(-c2cc(N3CCN(C(=O)OC(C)(C)C)CC3)nc(OCC3CCCN3C)n2)c2ccccc2c1. The van der Waals surface area contributed by atoms with Crippen molar-refractivity contribution in [1.82, 2.24) is 19.8 Å². The van der Waals surface area contributed by atoms with Crippen LogP contribution >= 0.6 is 0 Å². The molecule has 1 unspecified atom stereocenters. The monoisotopic (exact) mass is 533 g/mol. The van der Waals surface area contributed by atoms with E-state index in [1.165, 1.54) is 6.42 Å². The van der Waals surface area contributed by atoms with E-state index in [1.807, 2.05) is 51.1 Å². The van der Waals surface area contributed by atoms with Crippen LogP contribution in [0, 0.1) is 0 Å². The van der Waals surface area contributed by atoms with Gasteiger partial charge in [0.05, 0.1) is 12.8 Å². The van der Waals surface area contributed by atoms with Gasteiger partial charge in [-0.05, 0) is 70.1 Å². The molecule has 0 N–H and O–H groups in total. The van der Waals surface area contributed by atoms with Crippen molar-refractivity contribution in [2.45, 2.75) is 45.3 Å². The van der Waals surface area contributed by atoms with Crippen LogP contribution in [0.3, 0.4) is 0 Å². The van der Waals surface area contributed by atoms with Crippen molar-refractivity contribution < 1.29 is 19.0 Å². The van der Waals surface area contributed by atoms with E-state index in [9.17, 15) is 4.79 Å². The number of amides is 1. The maximum absolute atomic E-state index is 12.6. The zero-order valence-electron chi connectivity index (χ0n) is 23.6. The van der Waals surface area contributed by atoms with E-state index in [2.05, 4.69) is 29.0 Å². The number of aromatic nitrogens is 2. The van der Waals surface area contributed by atoms with Crippen LogP contribution in [0.1, 0.15) is 33.6 Å². The number of methoxy groups -OCH3 is 1. The summed E-state index contributed by atoms with van der Waals surface area (Å²) in [6.07, 6.45) is 2.00. The molecule has 2 fully saturated rings. The van der Waals surface area contributed by atoms with Gasteiger partial charge in [0.1, 0.15) is 23.8 Å². The van der Waals surface area contributed by atoms with Crippen LogP contribution < -0.4 is 14.4 Å². The van der Waals surface area contributed by atoms with Crippen molar-refractivity contribution in [3.63, 3.8) is 0 Å². The molecule has 0 aliphatic carbocycles. The second-order valence-electron chi connectivity index (χ2n) is 11.3. The molecule has 0 saturated carbocycles. The molecule has 1 aromatic heterocycles. The Morgan fingerprint density at radius 2 is 1.79 bits per heavy atom. The van der Waals surface area contributed by atoms with Crippen molar-refractivity contribution >= 4 is 22.7 Å². The molecule has 3 aromatic rings. The Morgan fingerprint density at radius 3 is 2.49 bits per heavy atom. The van der Waals surface area contributed by atoms with Gasteiger partial charge in [-0.2, -0.15) is 9.97 Å².